The van der Waals surface area contributed by atoms with E-state index < -0.39 is 0 Å². The SMILES string of the molecule is CC/N=C/c1ccccc1. The van der Waals surface area contributed by atoms with Crippen LogP contribution in [0, 0.1) is 0 Å². The highest BCUT2D eigenvalue weighted by Crippen LogP contribution is 1.93. The second-order valence-corrected chi connectivity index (χ2v) is 2.04. The van der Waals surface area contributed by atoms with Gasteiger partial charge in [0.1, 0.15) is 0 Å². The fourth-order valence-electron chi connectivity index (χ4n) is 0.736. The first kappa shape index (κ1) is 7.00. The average molecular weight is 133 g/mol. The molecule has 0 fully saturated rings. The molecule has 10 heavy (non-hydrogen) atoms. The highest BCUT2D eigenvalue weighted by molar-refractivity contribution is 5.79. The third-order valence-corrected chi connectivity index (χ3v) is 1.22. The molecule has 0 amide bonds. The Hall–Kier alpha value is -1.11. The Bertz CT molecular complexity index is 201. The van der Waals surface area contributed by atoms with Crippen molar-refractivity contribution in [2.45, 2.75) is 6.92 Å². The highest BCUT2D eigenvalue weighted by atomic mass is 14.7. The van der Waals surface area contributed by atoms with Crippen LogP contribution in [0.1, 0.15) is 12.5 Å². The zero-order valence-electron chi connectivity index (χ0n) is 6.12. The van der Waals surface area contributed by atoms with Crippen LogP contribution in [0.3, 0.4) is 0 Å². The minimum absolute atomic E-state index is 0.856. The monoisotopic (exact) mass is 133 g/mol. The van der Waals surface area contributed by atoms with Crippen LogP contribution in [0.4, 0.5) is 0 Å². The molecule has 0 saturated carbocycles. The van der Waals surface area contributed by atoms with Gasteiger partial charge in [-0.2, -0.15) is 0 Å². The van der Waals surface area contributed by atoms with Crippen molar-refractivity contribution in [3.63, 3.8) is 0 Å². The first-order chi connectivity index (χ1) is 4.93. The first-order valence-corrected chi connectivity index (χ1v) is 3.48. The van der Waals surface area contributed by atoms with Crippen molar-refractivity contribution in [1.82, 2.24) is 0 Å². The van der Waals surface area contributed by atoms with Gasteiger partial charge in [0.05, 0.1) is 0 Å². The van der Waals surface area contributed by atoms with E-state index in [4.69, 9.17) is 0 Å². The Kier molecular flexibility index (Phi) is 2.68. The van der Waals surface area contributed by atoms with E-state index in [-0.39, 0.29) is 0 Å². The smallest absolute Gasteiger partial charge is 0.0361 e. The molecule has 0 N–H and O–H groups in total. The van der Waals surface area contributed by atoms with Crippen LogP contribution >= 0.6 is 0 Å². The Morgan fingerprint density at radius 1 is 1.30 bits per heavy atom. The molecule has 0 radical (unpaired) electrons. The van der Waals surface area contributed by atoms with E-state index in [1.54, 1.807) is 0 Å². The summed E-state index contributed by atoms with van der Waals surface area (Å²) in [4.78, 5) is 4.12. The van der Waals surface area contributed by atoms with Crippen molar-refractivity contribution < 1.29 is 0 Å². The summed E-state index contributed by atoms with van der Waals surface area (Å²) in [6, 6.07) is 10.1. The normalized spacial score (nSPS) is 10.5. The molecule has 1 nitrogen and oxygen atoms in total. The van der Waals surface area contributed by atoms with E-state index in [0.717, 1.165) is 6.54 Å². The van der Waals surface area contributed by atoms with Crippen LogP contribution in [-0.4, -0.2) is 12.8 Å². The molecule has 52 valence electrons. The summed E-state index contributed by atoms with van der Waals surface area (Å²) in [6.45, 7) is 2.88. The highest BCUT2D eigenvalue weighted by Gasteiger charge is 1.80. The molecule has 0 aromatic heterocycles. The zero-order valence-corrected chi connectivity index (χ0v) is 6.12. The standard InChI is InChI=1S/C9H11N/c1-2-10-8-9-6-4-3-5-7-9/h3-8H,2H2,1H3/b10-8+. The molecule has 1 aromatic rings. The molecule has 0 unspecified atom stereocenters. The molecule has 0 spiro atoms. The summed E-state index contributed by atoms with van der Waals surface area (Å²) >= 11 is 0. The van der Waals surface area contributed by atoms with Gasteiger partial charge in [-0.3, -0.25) is 4.99 Å². The third-order valence-electron chi connectivity index (χ3n) is 1.22. The van der Waals surface area contributed by atoms with E-state index in [0.29, 0.717) is 0 Å². The third kappa shape index (κ3) is 2.02. The zero-order chi connectivity index (χ0) is 7.23. The summed E-state index contributed by atoms with van der Waals surface area (Å²) in [6.07, 6.45) is 1.89. The van der Waals surface area contributed by atoms with Gasteiger partial charge < -0.3 is 0 Å². The van der Waals surface area contributed by atoms with Crippen molar-refractivity contribution >= 4 is 6.21 Å². The minimum Gasteiger partial charge on any atom is -0.293 e. The Labute approximate surface area is 61.4 Å². The molecule has 1 heteroatoms. The van der Waals surface area contributed by atoms with Gasteiger partial charge in [0.25, 0.3) is 0 Å². The van der Waals surface area contributed by atoms with Gasteiger partial charge in [-0.15, -0.1) is 0 Å². The predicted molar refractivity (Wildman–Crippen MR) is 44.6 cm³/mol. The fraction of sp³-hybridized carbons (Fsp3) is 0.222. The molecular weight excluding hydrogens is 122 g/mol. The molecule has 0 aliphatic heterocycles. The Morgan fingerprint density at radius 3 is 2.60 bits per heavy atom. The van der Waals surface area contributed by atoms with Crippen molar-refractivity contribution in [2.24, 2.45) is 4.99 Å². The quantitative estimate of drug-likeness (QED) is 0.548. The lowest BCUT2D eigenvalue weighted by atomic mass is 10.2. The number of hydrogen-bond acceptors (Lipinski definition) is 1. The molecule has 0 bridgehead atoms. The van der Waals surface area contributed by atoms with Gasteiger partial charge in [-0.1, -0.05) is 30.3 Å². The van der Waals surface area contributed by atoms with E-state index in [9.17, 15) is 0 Å². The van der Waals surface area contributed by atoms with Gasteiger partial charge in [-0.25, -0.2) is 0 Å². The minimum atomic E-state index is 0.856. The summed E-state index contributed by atoms with van der Waals surface area (Å²) in [7, 11) is 0. The molecule has 0 heterocycles. The molecule has 1 aromatic carbocycles. The molecule has 0 aliphatic carbocycles. The lowest BCUT2D eigenvalue weighted by Gasteiger charge is -1.87. The lowest BCUT2D eigenvalue weighted by Crippen LogP contribution is -1.78. The topological polar surface area (TPSA) is 12.4 Å². The molecule has 1 rings (SSSR count). The Morgan fingerprint density at radius 2 is 2.00 bits per heavy atom. The lowest BCUT2D eigenvalue weighted by molar-refractivity contribution is 1.14. The molecule has 0 saturated heterocycles. The molecule has 0 aliphatic rings. The summed E-state index contributed by atoms with van der Waals surface area (Å²) in [5.41, 5.74) is 1.17. The van der Waals surface area contributed by atoms with Gasteiger partial charge in [0.15, 0.2) is 0 Å². The second-order valence-electron chi connectivity index (χ2n) is 2.04. The van der Waals surface area contributed by atoms with Gasteiger partial charge in [-0.05, 0) is 12.5 Å². The van der Waals surface area contributed by atoms with Gasteiger partial charge in [0, 0.05) is 12.8 Å². The van der Waals surface area contributed by atoms with E-state index in [1.165, 1.54) is 5.56 Å². The predicted octanol–water partition coefficient (Wildman–Crippen LogP) is 2.13. The van der Waals surface area contributed by atoms with Crippen LogP contribution in [0.5, 0.6) is 0 Å². The summed E-state index contributed by atoms with van der Waals surface area (Å²) in [5.74, 6) is 0. The number of hydrogen-bond donors (Lipinski definition) is 0. The maximum absolute atomic E-state index is 4.12. The summed E-state index contributed by atoms with van der Waals surface area (Å²) in [5, 5.41) is 0. The second kappa shape index (κ2) is 3.83. The van der Waals surface area contributed by atoms with Crippen LogP contribution < -0.4 is 0 Å². The van der Waals surface area contributed by atoms with Crippen LogP contribution in [-0.2, 0) is 0 Å². The molecular formula is C9H11N. The van der Waals surface area contributed by atoms with Crippen LogP contribution in [0.15, 0.2) is 35.3 Å². The maximum atomic E-state index is 4.12. The van der Waals surface area contributed by atoms with Crippen molar-refractivity contribution in [3.05, 3.63) is 35.9 Å². The van der Waals surface area contributed by atoms with E-state index in [1.807, 2.05) is 43.5 Å². The van der Waals surface area contributed by atoms with Crippen molar-refractivity contribution in [1.29, 1.82) is 0 Å². The number of aliphatic imine (C=N–C) groups is 1. The van der Waals surface area contributed by atoms with Crippen molar-refractivity contribution in [2.75, 3.05) is 6.54 Å². The van der Waals surface area contributed by atoms with Crippen molar-refractivity contribution in [3.8, 4) is 0 Å². The largest absolute Gasteiger partial charge is 0.293 e. The number of rotatable bonds is 2. The summed E-state index contributed by atoms with van der Waals surface area (Å²) < 4.78 is 0. The molecule has 0 atom stereocenters. The van der Waals surface area contributed by atoms with E-state index >= 15 is 0 Å². The van der Waals surface area contributed by atoms with E-state index in [2.05, 4.69) is 4.99 Å². The van der Waals surface area contributed by atoms with Crippen LogP contribution in [0.25, 0.3) is 0 Å². The van der Waals surface area contributed by atoms with Crippen LogP contribution in [0.2, 0.25) is 0 Å². The Balaban J connectivity index is 2.67. The maximum Gasteiger partial charge on any atom is 0.0361 e. The first-order valence-electron chi connectivity index (χ1n) is 3.48. The average Bonchev–Trinajstić information content (AvgIpc) is 2.03. The number of nitrogens with zero attached hydrogens (tertiary/aromatic N) is 1. The number of benzene rings is 1. The van der Waals surface area contributed by atoms with Gasteiger partial charge in [0.2, 0.25) is 0 Å². The van der Waals surface area contributed by atoms with Gasteiger partial charge >= 0.3 is 0 Å². The fourth-order valence-corrected chi connectivity index (χ4v) is 0.736.